The van der Waals surface area contributed by atoms with Crippen molar-refractivity contribution in [2.24, 2.45) is 4.99 Å². The minimum Gasteiger partial charge on any atom is -0.391 e. The van der Waals surface area contributed by atoms with Crippen LogP contribution in [0.3, 0.4) is 0 Å². The SMILES string of the molecule is C1=CNCCC1.C1=NCCN1. The Hall–Kier alpha value is -0.990. The topological polar surface area (TPSA) is 36.4 Å². The second-order valence-electron chi connectivity index (χ2n) is 2.49. The molecule has 0 radical (unpaired) electrons. The summed E-state index contributed by atoms with van der Waals surface area (Å²) in [5.74, 6) is 0. The molecule has 0 unspecified atom stereocenters. The van der Waals surface area contributed by atoms with Crippen molar-refractivity contribution in [3.63, 3.8) is 0 Å². The van der Waals surface area contributed by atoms with Gasteiger partial charge in [-0.3, -0.25) is 4.99 Å². The van der Waals surface area contributed by atoms with Gasteiger partial charge >= 0.3 is 0 Å². The second-order valence-corrected chi connectivity index (χ2v) is 2.49. The third-order valence-corrected chi connectivity index (χ3v) is 1.50. The summed E-state index contributed by atoms with van der Waals surface area (Å²) in [4.78, 5) is 3.85. The lowest BCUT2D eigenvalue weighted by Gasteiger charge is -2.02. The van der Waals surface area contributed by atoms with Crippen molar-refractivity contribution >= 4 is 6.34 Å². The molecule has 62 valence electrons. The number of hydrogen-bond acceptors (Lipinski definition) is 3. The Balaban J connectivity index is 0.000000112. The van der Waals surface area contributed by atoms with E-state index >= 15 is 0 Å². The highest BCUT2D eigenvalue weighted by Gasteiger charge is 1.84. The summed E-state index contributed by atoms with van der Waals surface area (Å²) in [5, 5.41) is 6.03. The lowest BCUT2D eigenvalue weighted by Crippen LogP contribution is -2.09. The molecule has 0 atom stereocenters. The maximum atomic E-state index is 3.85. The van der Waals surface area contributed by atoms with E-state index in [0.29, 0.717) is 0 Å². The van der Waals surface area contributed by atoms with Crippen molar-refractivity contribution in [1.82, 2.24) is 10.6 Å². The molecule has 3 nitrogen and oxygen atoms in total. The lowest BCUT2D eigenvalue weighted by atomic mass is 10.2. The van der Waals surface area contributed by atoms with Gasteiger partial charge in [0.05, 0.1) is 12.9 Å². The van der Waals surface area contributed by atoms with Crippen molar-refractivity contribution < 1.29 is 0 Å². The Labute approximate surface area is 67.6 Å². The molecule has 2 rings (SSSR count). The predicted molar refractivity (Wildman–Crippen MR) is 47.7 cm³/mol. The van der Waals surface area contributed by atoms with Crippen molar-refractivity contribution in [2.45, 2.75) is 12.8 Å². The average molecular weight is 153 g/mol. The Morgan fingerprint density at radius 2 is 2.18 bits per heavy atom. The number of nitrogens with zero attached hydrogens (tertiary/aromatic N) is 1. The van der Waals surface area contributed by atoms with Crippen LogP contribution in [0, 0.1) is 0 Å². The van der Waals surface area contributed by atoms with Crippen LogP contribution in [0.2, 0.25) is 0 Å². The predicted octanol–water partition coefficient (Wildman–Crippen LogP) is 0.501. The molecule has 0 fully saturated rings. The van der Waals surface area contributed by atoms with Crippen LogP contribution in [-0.4, -0.2) is 26.0 Å². The molecule has 2 heterocycles. The molecule has 2 aliphatic rings. The van der Waals surface area contributed by atoms with Crippen LogP contribution in [0.5, 0.6) is 0 Å². The van der Waals surface area contributed by atoms with Gasteiger partial charge in [-0.25, -0.2) is 0 Å². The quantitative estimate of drug-likeness (QED) is 0.531. The van der Waals surface area contributed by atoms with E-state index in [-0.39, 0.29) is 0 Å². The zero-order valence-electron chi connectivity index (χ0n) is 6.71. The fourth-order valence-corrected chi connectivity index (χ4v) is 0.895. The highest BCUT2D eigenvalue weighted by atomic mass is 15.0. The first-order valence-electron chi connectivity index (χ1n) is 4.10. The molecule has 0 saturated carbocycles. The van der Waals surface area contributed by atoms with Gasteiger partial charge in [0, 0.05) is 13.1 Å². The summed E-state index contributed by atoms with van der Waals surface area (Å²) in [7, 11) is 0. The molecule has 2 aliphatic heterocycles. The highest BCUT2D eigenvalue weighted by molar-refractivity contribution is 5.56. The van der Waals surface area contributed by atoms with Gasteiger partial charge < -0.3 is 10.6 Å². The van der Waals surface area contributed by atoms with E-state index in [0.717, 1.165) is 19.6 Å². The molecule has 0 amide bonds. The highest BCUT2D eigenvalue weighted by Crippen LogP contribution is 1.91. The van der Waals surface area contributed by atoms with Crippen molar-refractivity contribution in [3.8, 4) is 0 Å². The number of hydrogen-bond donors (Lipinski definition) is 2. The standard InChI is InChI=1S/C5H9N.C3H6N2/c1-2-4-6-5-3-1;1-2-5-3-4-1/h2,4,6H,1,3,5H2;3H,1-2H2,(H,4,5). The van der Waals surface area contributed by atoms with Crippen molar-refractivity contribution in [3.05, 3.63) is 12.3 Å². The van der Waals surface area contributed by atoms with Crippen LogP contribution in [-0.2, 0) is 0 Å². The molecular formula is C8H15N3. The summed E-state index contributed by atoms with van der Waals surface area (Å²) in [6.45, 7) is 3.15. The normalized spacial score (nSPS) is 19.6. The molecule has 0 bridgehead atoms. The second kappa shape index (κ2) is 5.77. The van der Waals surface area contributed by atoms with E-state index < -0.39 is 0 Å². The van der Waals surface area contributed by atoms with Crippen LogP contribution < -0.4 is 10.6 Å². The van der Waals surface area contributed by atoms with E-state index in [2.05, 4.69) is 21.7 Å². The molecule has 0 spiro atoms. The Bertz CT molecular complexity index is 126. The van der Waals surface area contributed by atoms with Crippen molar-refractivity contribution in [1.29, 1.82) is 0 Å². The average Bonchev–Trinajstić information content (AvgIpc) is 2.64. The Morgan fingerprint density at radius 3 is 2.36 bits per heavy atom. The van der Waals surface area contributed by atoms with Gasteiger partial charge in [0.25, 0.3) is 0 Å². The van der Waals surface area contributed by atoms with Gasteiger partial charge in [0.15, 0.2) is 0 Å². The Morgan fingerprint density at radius 1 is 1.18 bits per heavy atom. The molecule has 0 aromatic heterocycles. The van der Waals surface area contributed by atoms with Gasteiger partial charge in [-0.2, -0.15) is 0 Å². The molecular weight excluding hydrogens is 138 g/mol. The minimum atomic E-state index is 0.958. The molecule has 0 saturated heterocycles. The molecule has 0 aromatic rings. The van der Waals surface area contributed by atoms with Crippen molar-refractivity contribution in [2.75, 3.05) is 19.6 Å². The first-order chi connectivity index (χ1) is 5.50. The Kier molecular flexibility index (Phi) is 4.25. The summed E-state index contributed by atoms with van der Waals surface area (Å²) >= 11 is 0. The number of rotatable bonds is 0. The fourth-order valence-electron chi connectivity index (χ4n) is 0.895. The van der Waals surface area contributed by atoms with Gasteiger partial charge in [0.1, 0.15) is 0 Å². The number of allylic oxidation sites excluding steroid dienone is 1. The maximum absolute atomic E-state index is 3.85. The summed E-state index contributed by atoms with van der Waals surface area (Å²) < 4.78 is 0. The van der Waals surface area contributed by atoms with E-state index in [9.17, 15) is 0 Å². The first-order valence-corrected chi connectivity index (χ1v) is 4.10. The summed E-state index contributed by atoms with van der Waals surface area (Å²) in [6.07, 6.45) is 8.47. The summed E-state index contributed by atoms with van der Waals surface area (Å²) in [6, 6.07) is 0. The monoisotopic (exact) mass is 153 g/mol. The minimum absolute atomic E-state index is 0.958. The van der Waals surface area contributed by atoms with Crippen LogP contribution in [0.15, 0.2) is 17.3 Å². The van der Waals surface area contributed by atoms with Gasteiger partial charge in [-0.15, -0.1) is 0 Å². The first kappa shape index (κ1) is 8.11. The number of aliphatic imine (C=N–C) groups is 1. The summed E-state index contributed by atoms with van der Waals surface area (Å²) in [5.41, 5.74) is 0. The molecule has 3 heteroatoms. The molecule has 0 aromatic carbocycles. The smallest absolute Gasteiger partial charge is 0.0825 e. The lowest BCUT2D eigenvalue weighted by molar-refractivity contribution is 0.728. The maximum Gasteiger partial charge on any atom is 0.0825 e. The molecule has 0 aliphatic carbocycles. The third-order valence-electron chi connectivity index (χ3n) is 1.50. The van der Waals surface area contributed by atoms with E-state index in [1.165, 1.54) is 12.8 Å². The van der Waals surface area contributed by atoms with E-state index in [1.807, 2.05) is 6.20 Å². The third kappa shape index (κ3) is 4.42. The van der Waals surface area contributed by atoms with Gasteiger partial charge in [0.2, 0.25) is 0 Å². The van der Waals surface area contributed by atoms with Crippen LogP contribution >= 0.6 is 0 Å². The van der Waals surface area contributed by atoms with Crippen LogP contribution in [0.4, 0.5) is 0 Å². The zero-order valence-corrected chi connectivity index (χ0v) is 6.71. The van der Waals surface area contributed by atoms with E-state index in [4.69, 9.17) is 0 Å². The van der Waals surface area contributed by atoms with E-state index in [1.54, 1.807) is 6.34 Å². The van der Waals surface area contributed by atoms with Crippen LogP contribution in [0.25, 0.3) is 0 Å². The zero-order chi connectivity index (χ0) is 7.78. The number of nitrogens with one attached hydrogen (secondary N) is 2. The van der Waals surface area contributed by atoms with Crippen LogP contribution in [0.1, 0.15) is 12.8 Å². The largest absolute Gasteiger partial charge is 0.391 e. The molecule has 11 heavy (non-hydrogen) atoms. The molecule has 2 N–H and O–H groups in total. The van der Waals surface area contributed by atoms with Gasteiger partial charge in [-0.1, -0.05) is 6.08 Å². The van der Waals surface area contributed by atoms with Gasteiger partial charge in [-0.05, 0) is 19.0 Å². The fraction of sp³-hybridized carbons (Fsp3) is 0.625.